The van der Waals surface area contributed by atoms with E-state index in [2.05, 4.69) is 20.6 Å². The highest BCUT2D eigenvalue weighted by atomic mass is 16.2. The van der Waals surface area contributed by atoms with E-state index in [1.807, 2.05) is 60.7 Å². The predicted molar refractivity (Wildman–Crippen MR) is 108 cm³/mol. The van der Waals surface area contributed by atoms with Gasteiger partial charge in [0.05, 0.1) is 16.5 Å². The van der Waals surface area contributed by atoms with Gasteiger partial charge in [0.15, 0.2) is 0 Å². The van der Waals surface area contributed by atoms with E-state index in [1.54, 1.807) is 12.1 Å². The number of carbonyl (C=O) groups excluding carboxylic acids is 1. The lowest BCUT2D eigenvalue weighted by Gasteiger charge is -2.28. The summed E-state index contributed by atoms with van der Waals surface area (Å²) in [4.78, 5) is 32.8. The number of benzene rings is 3. The number of hydrogen-bond donors (Lipinski definition) is 3. The number of amides is 1. The molecule has 0 fully saturated rings. The minimum Gasteiger partial charge on any atom is -0.361 e. The lowest BCUT2D eigenvalue weighted by Crippen LogP contribution is -2.38. The Morgan fingerprint density at radius 2 is 1.54 bits per heavy atom. The quantitative estimate of drug-likeness (QED) is 0.506. The molecule has 0 saturated heterocycles. The van der Waals surface area contributed by atoms with E-state index in [0.29, 0.717) is 28.0 Å². The van der Waals surface area contributed by atoms with Gasteiger partial charge in [0.25, 0.3) is 11.5 Å². The van der Waals surface area contributed by atoms with Gasteiger partial charge in [-0.2, -0.15) is 0 Å². The predicted octanol–water partition coefficient (Wildman–Crippen LogP) is 3.44. The summed E-state index contributed by atoms with van der Waals surface area (Å²) in [6.07, 6.45) is -0.353. The van der Waals surface area contributed by atoms with Gasteiger partial charge in [-0.15, -0.1) is 0 Å². The van der Waals surface area contributed by atoms with Crippen molar-refractivity contribution in [2.75, 3.05) is 5.32 Å². The van der Waals surface area contributed by atoms with Crippen LogP contribution in [0, 0.1) is 0 Å². The first-order valence-corrected chi connectivity index (χ1v) is 8.95. The van der Waals surface area contributed by atoms with Crippen molar-refractivity contribution in [3.63, 3.8) is 0 Å². The number of anilines is 1. The van der Waals surface area contributed by atoms with Crippen molar-refractivity contribution >= 4 is 22.5 Å². The van der Waals surface area contributed by atoms with Gasteiger partial charge in [-0.05, 0) is 17.7 Å². The number of nitrogens with one attached hydrogen (secondary N) is 3. The summed E-state index contributed by atoms with van der Waals surface area (Å²) in [7, 11) is 0. The highest BCUT2D eigenvalue weighted by molar-refractivity contribution is 6.05. The second-order valence-electron chi connectivity index (χ2n) is 6.66. The second kappa shape index (κ2) is 6.35. The minimum atomic E-state index is -0.353. The Bertz CT molecular complexity index is 1250. The number of carbonyl (C=O) groups is 1. The standard InChI is InChI=1S/C22H16N4O2/c27-21-15-12-18-16(22(28)26-20(24-18)14-9-5-2-6-10-14)11-17(15)23-19(25-21)13-7-3-1-4-8-13/h1-12,19,23H,(H,25,27)(H,24,26,28). The molecule has 3 N–H and O–H groups in total. The third-order valence-electron chi connectivity index (χ3n) is 4.84. The van der Waals surface area contributed by atoms with E-state index in [1.165, 1.54) is 0 Å². The van der Waals surface area contributed by atoms with Crippen LogP contribution >= 0.6 is 0 Å². The zero-order valence-electron chi connectivity index (χ0n) is 14.8. The molecule has 6 nitrogen and oxygen atoms in total. The summed E-state index contributed by atoms with van der Waals surface area (Å²) in [5, 5.41) is 6.68. The van der Waals surface area contributed by atoms with Crippen molar-refractivity contribution < 1.29 is 4.79 Å². The van der Waals surface area contributed by atoms with Crippen LogP contribution in [0.4, 0.5) is 5.69 Å². The maximum Gasteiger partial charge on any atom is 0.259 e. The van der Waals surface area contributed by atoms with Gasteiger partial charge < -0.3 is 15.6 Å². The first-order chi connectivity index (χ1) is 13.7. The number of H-pyrrole nitrogens is 1. The molecular formula is C22H16N4O2. The Labute approximate surface area is 160 Å². The van der Waals surface area contributed by atoms with E-state index in [-0.39, 0.29) is 17.6 Å². The summed E-state index contributed by atoms with van der Waals surface area (Å²) in [6, 6.07) is 22.4. The molecule has 0 spiro atoms. The Balaban J connectivity index is 1.62. The molecule has 0 aliphatic carbocycles. The van der Waals surface area contributed by atoms with Gasteiger partial charge in [0.2, 0.25) is 0 Å². The van der Waals surface area contributed by atoms with Gasteiger partial charge in [-0.3, -0.25) is 9.59 Å². The number of fused-ring (bicyclic) bond motifs is 2. The molecule has 28 heavy (non-hydrogen) atoms. The Morgan fingerprint density at radius 3 is 2.29 bits per heavy atom. The smallest absolute Gasteiger partial charge is 0.259 e. The second-order valence-corrected chi connectivity index (χ2v) is 6.66. The number of rotatable bonds is 2. The summed E-state index contributed by atoms with van der Waals surface area (Å²) in [6.45, 7) is 0. The van der Waals surface area contributed by atoms with Crippen molar-refractivity contribution in [2.45, 2.75) is 6.17 Å². The largest absolute Gasteiger partial charge is 0.361 e. The van der Waals surface area contributed by atoms with Crippen molar-refractivity contribution in [3.05, 3.63) is 94.3 Å². The number of hydrogen-bond acceptors (Lipinski definition) is 4. The number of aromatic amines is 1. The zero-order valence-corrected chi connectivity index (χ0v) is 14.8. The molecule has 136 valence electrons. The van der Waals surface area contributed by atoms with Gasteiger partial charge in [0.1, 0.15) is 12.0 Å². The lowest BCUT2D eigenvalue weighted by molar-refractivity contribution is 0.0936. The first-order valence-electron chi connectivity index (χ1n) is 8.95. The number of aromatic nitrogens is 2. The van der Waals surface area contributed by atoms with Crippen LogP contribution in [0.2, 0.25) is 0 Å². The molecule has 0 saturated carbocycles. The van der Waals surface area contributed by atoms with Crippen molar-refractivity contribution in [2.24, 2.45) is 0 Å². The molecule has 1 unspecified atom stereocenters. The van der Waals surface area contributed by atoms with E-state index in [4.69, 9.17) is 0 Å². The molecule has 0 bridgehead atoms. The molecule has 1 aliphatic heterocycles. The third-order valence-corrected chi connectivity index (χ3v) is 4.84. The minimum absolute atomic E-state index is 0.201. The van der Waals surface area contributed by atoms with Gasteiger partial charge >= 0.3 is 0 Å². The molecule has 1 aromatic heterocycles. The maximum absolute atomic E-state index is 12.7. The van der Waals surface area contributed by atoms with E-state index in [9.17, 15) is 9.59 Å². The average Bonchev–Trinajstić information content (AvgIpc) is 2.74. The molecule has 5 rings (SSSR count). The SMILES string of the molecule is O=C1NC(c2ccccc2)Nc2cc3c(=O)[nH]c(-c4ccccc4)nc3cc21. The molecule has 0 radical (unpaired) electrons. The van der Waals surface area contributed by atoms with Crippen molar-refractivity contribution in [1.29, 1.82) is 0 Å². The van der Waals surface area contributed by atoms with Crippen molar-refractivity contribution in [3.8, 4) is 11.4 Å². The highest BCUT2D eigenvalue weighted by Crippen LogP contribution is 2.29. The highest BCUT2D eigenvalue weighted by Gasteiger charge is 2.25. The Morgan fingerprint density at radius 1 is 0.821 bits per heavy atom. The zero-order chi connectivity index (χ0) is 19.1. The van der Waals surface area contributed by atoms with E-state index >= 15 is 0 Å². The lowest BCUT2D eigenvalue weighted by atomic mass is 10.0. The van der Waals surface area contributed by atoms with Gasteiger partial charge in [-0.25, -0.2) is 4.98 Å². The van der Waals surface area contributed by atoms with Crippen LogP contribution in [-0.2, 0) is 0 Å². The fourth-order valence-electron chi connectivity index (χ4n) is 3.44. The summed E-state index contributed by atoms with van der Waals surface area (Å²) >= 11 is 0. The Hall–Kier alpha value is -3.93. The van der Waals surface area contributed by atoms with Crippen molar-refractivity contribution in [1.82, 2.24) is 15.3 Å². The van der Waals surface area contributed by atoms with Crippen LogP contribution in [0.25, 0.3) is 22.3 Å². The van der Waals surface area contributed by atoms with Crippen LogP contribution in [-0.4, -0.2) is 15.9 Å². The summed E-state index contributed by atoms with van der Waals surface area (Å²) in [5.74, 6) is 0.275. The average molecular weight is 368 g/mol. The number of nitrogens with zero attached hydrogens (tertiary/aromatic N) is 1. The van der Waals surface area contributed by atoms with Crippen LogP contribution in [0.15, 0.2) is 77.6 Å². The van der Waals surface area contributed by atoms with Gasteiger partial charge in [0, 0.05) is 11.3 Å². The van der Waals surface area contributed by atoms with E-state index in [0.717, 1.165) is 11.1 Å². The molecule has 4 aromatic rings. The third kappa shape index (κ3) is 2.72. The fraction of sp³-hybridized carbons (Fsp3) is 0.0455. The molecular weight excluding hydrogens is 352 g/mol. The summed E-state index contributed by atoms with van der Waals surface area (Å²) < 4.78 is 0. The van der Waals surface area contributed by atoms with Crippen LogP contribution in [0.1, 0.15) is 22.1 Å². The molecule has 1 atom stereocenters. The molecule has 2 heterocycles. The molecule has 1 amide bonds. The summed E-state index contributed by atoms with van der Waals surface area (Å²) in [5.41, 5.74) is 3.08. The van der Waals surface area contributed by atoms with Crippen LogP contribution < -0.4 is 16.2 Å². The molecule has 6 heteroatoms. The maximum atomic E-state index is 12.7. The van der Waals surface area contributed by atoms with Crippen LogP contribution in [0.3, 0.4) is 0 Å². The molecule has 3 aromatic carbocycles. The van der Waals surface area contributed by atoms with Gasteiger partial charge in [-0.1, -0.05) is 60.7 Å². The normalized spacial score (nSPS) is 15.6. The monoisotopic (exact) mass is 368 g/mol. The topological polar surface area (TPSA) is 86.9 Å². The fourth-order valence-corrected chi connectivity index (χ4v) is 3.44. The molecule has 1 aliphatic rings. The van der Waals surface area contributed by atoms with E-state index < -0.39 is 0 Å². The first kappa shape index (κ1) is 16.3. The van der Waals surface area contributed by atoms with Crippen LogP contribution in [0.5, 0.6) is 0 Å². The Kier molecular flexibility index (Phi) is 3.69.